The van der Waals surface area contributed by atoms with Gasteiger partial charge in [0.15, 0.2) is 29.1 Å². The van der Waals surface area contributed by atoms with E-state index < -0.39 is 18.8 Å². The fraction of sp³-hybridized carbons (Fsp3) is 0.280. The molecule has 0 aromatic heterocycles. The molecule has 0 bridgehead atoms. The number of hydrogen-bond donors (Lipinski definition) is 2. The molecule has 0 unspecified atom stereocenters. The Morgan fingerprint density at radius 3 is 1.88 bits per heavy atom. The average Bonchev–Trinajstić information content (AvgIpc) is 2.85. The smallest absolute Gasteiger partial charge is 0.203 e. The summed E-state index contributed by atoms with van der Waals surface area (Å²) in [5.74, 6) is 2.11. The number of methoxy groups -OCH3 is 3. The standard InChI is InChI=1S/C25H28O7/c1-28-19-11-7-8-12-20(19)32-23(15-26)24(27)18-13-21(29-2)25(22(14-18)30-3)31-16-17-9-5-4-6-10-17/h4-14,23-24,26-27H,15-16H2,1-3H3/t23-,24-/m0/s1. The summed E-state index contributed by atoms with van der Waals surface area (Å²) in [6, 6.07) is 20.0. The highest BCUT2D eigenvalue weighted by molar-refractivity contribution is 5.54. The molecule has 0 fully saturated rings. The van der Waals surface area contributed by atoms with E-state index in [0.29, 0.717) is 40.9 Å². The summed E-state index contributed by atoms with van der Waals surface area (Å²) in [5.41, 5.74) is 1.44. The lowest BCUT2D eigenvalue weighted by Gasteiger charge is -2.25. The molecule has 0 aliphatic carbocycles. The van der Waals surface area contributed by atoms with Gasteiger partial charge in [-0.05, 0) is 35.4 Å². The molecular formula is C25H28O7. The molecule has 0 amide bonds. The third-order valence-electron chi connectivity index (χ3n) is 4.93. The van der Waals surface area contributed by atoms with Gasteiger partial charge in [-0.15, -0.1) is 0 Å². The Morgan fingerprint density at radius 2 is 1.31 bits per heavy atom. The van der Waals surface area contributed by atoms with Crippen LogP contribution >= 0.6 is 0 Å². The van der Waals surface area contributed by atoms with E-state index in [2.05, 4.69) is 0 Å². The summed E-state index contributed by atoms with van der Waals surface area (Å²) in [6.45, 7) is -0.0955. The molecule has 7 nitrogen and oxygen atoms in total. The van der Waals surface area contributed by atoms with Gasteiger partial charge in [-0.1, -0.05) is 42.5 Å². The molecule has 32 heavy (non-hydrogen) atoms. The fourth-order valence-electron chi connectivity index (χ4n) is 3.24. The molecule has 0 aliphatic heterocycles. The van der Waals surface area contributed by atoms with Crippen molar-refractivity contribution in [3.8, 4) is 28.7 Å². The van der Waals surface area contributed by atoms with Crippen LogP contribution in [0, 0.1) is 0 Å². The summed E-state index contributed by atoms with van der Waals surface area (Å²) in [7, 11) is 4.54. The van der Waals surface area contributed by atoms with Crippen LogP contribution in [0.15, 0.2) is 66.7 Å². The molecule has 0 radical (unpaired) electrons. The number of para-hydroxylation sites is 2. The Bertz CT molecular complexity index is 966. The molecule has 0 saturated carbocycles. The molecule has 0 saturated heterocycles. The largest absolute Gasteiger partial charge is 0.493 e. The second-order valence-electron chi connectivity index (χ2n) is 6.96. The van der Waals surface area contributed by atoms with Crippen molar-refractivity contribution in [1.29, 1.82) is 0 Å². The summed E-state index contributed by atoms with van der Waals surface area (Å²) in [6.07, 6.45) is -2.12. The molecule has 7 heteroatoms. The Balaban J connectivity index is 1.85. The van der Waals surface area contributed by atoms with Crippen molar-refractivity contribution in [3.63, 3.8) is 0 Å². The normalized spacial score (nSPS) is 12.5. The molecule has 0 aliphatic rings. The third-order valence-corrected chi connectivity index (χ3v) is 4.93. The number of benzene rings is 3. The van der Waals surface area contributed by atoms with Crippen LogP contribution in [0.1, 0.15) is 17.2 Å². The number of hydrogen-bond acceptors (Lipinski definition) is 7. The zero-order valence-electron chi connectivity index (χ0n) is 18.4. The van der Waals surface area contributed by atoms with Crippen LogP contribution in [0.5, 0.6) is 28.7 Å². The zero-order chi connectivity index (χ0) is 22.9. The van der Waals surface area contributed by atoms with Gasteiger partial charge in [0, 0.05) is 0 Å². The highest BCUT2D eigenvalue weighted by atomic mass is 16.5. The van der Waals surface area contributed by atoms with E-state index in [1.807, 2.05) is 30.3 Å². The lowest BCUT2D eigenvalue weighted by molar-refractivity contribution is -0.000624. The van der Waals surface area contributed by atoms with Gasteiger partial charge in [-0.3, -0.25) is 0 Å². The van der Waals surface area contributed by atoms with Gasteiger partial charge in [0.25, 0.3) is 0 Å². The first kappa shape index (κ1) is 23.2. The third kappa shape index (κ3) is 5.43. The maximum absolute atomic E-state index is 11.0. The lowest BCUT2D eigenvalue weighted by Crippen LogP contribution is -2.29. The van der Waals surface area contributed by atoms with Gasteiger partial charge in [0.2, 0.25) is 5.75 Å². The first-order valence-electron chi connectivity index (χ1n) is 10.1. The highest BCUT2D eigenvalue weighted by Gasteiger charge is 2.26. The molecule has 2 N–H and O–H groups in total. The lowest BCUT2D eigenvalue weighted by atomic mass is 10.0. The van der Waals surface area contributed by atoms with E-state index >= 15 is 0 Å². The summed E-state index contributed by atoms with van der Waals surface area (Å²) >= 11 is 0. The van der Waals surface area contributed by atoms with Gasteiger partial charge in [0.05, 0.1) is 27.9 Å². The van der Waals surface area contributed by atoms with E-state index in [1.165, 1.54) is 21.3 Å². The first-order valence-corrected chi connectivity index (χ1v) is 10.1. The van der Waals surface area contributed by atoms with Gasteiger partial charge >= 0.3 is 0 Å². The molecule has 3 aromatic carbocycles. The van der Waals surface area contributed by atoms with Crippen LogP contribution in [0.2, 0.25) is 0 Å². The van der Waals surface area contributed by atoms with E-state index in [4.69, 9.17) is 23.7 Å². The van der Waals surface area contributed by atoms with Crippen molar-refractivity contribution in [3.05, 3.63) is 77.9 Å². The monoisotopic (exact) mass is 440 g/mol. The molecule has 2 atom stereocenters. The minimum absolute atomic E-state index is 0.325. The SMILES string of the molecule is COc1ccccc1O[C@@H](CO)[C@@H](O)c1cc(OC)c(OCc2ccccc2)c(OC)c1. The first-order chi connectivity index (χ1) is 15.6. The van der Waals surface area contributed by atoms with Crippen LogP contribution in [-0.2, 0) is 6.61 Å². The van der Waals surface area contributed by atoms with Crippen molar-refractivity contribution in [2.24, 2.45) is 0 Å². The van der Waals surface area contributed by atoms with Crippen LogP contribution in [0.25, 0.3) is 0 Å². The van der Waals surface area contributed by atoms with Crippen LogP contribution in [-0.4, -0.2) is 44.3 Å². The average molecular weight is 440 g/mol. The maximum atomic E-state index is 11.0. The second-order valence-corrected chi connectivity index (χ2v) is 6.96. The second kappa shape index (κ2) is 11.3. The van der Waals surface area contributed by atoms with E-state index in [-0.39, 0.29) is 0 Å². The minimum atomic E-state index is -1.17. The molecule has 3 aromatic rings. The van der Waals surface area contributed by atoms with E-state index in [1.54, 1.807) is 36.4 Å². The molecule has 170 valence electrons. The summed E-state index contributed by atoms with van der Waals surface area (Å²) in [5, 5.41) is 20.9. The number of ether oxygens (including phenoxy) is 5. The van der Waals surface area contributed by atoms with E-state index in [9.17, 15) is 10.2 Å². The van der Waals surface area contributed by atoms with Crippen molar-refractivity contribution < 1.29 is 33.9 Å². The molecule has 0 spiro atoms. The molecule has 3 rings (SSSR count). The Labute approximate surface area is 187 Å². The number of aliphatic hydroxyl groups excluding tert-OH is 2. The number of aliphatic hydroxyl groups is 2. The molecular weight excluding hydrogens is 412 g/mol. The minimum Gasteiger partial charge on any atom is -0.493 e. The predicted octanol–water partition coefficient (Wildman–Crippen LogP) is 3.76. The van der Waals surface area contributed by atoms with Crippen LogP contribution < -0.4 is 23.7 Å². The quantitative estimate of drug-likeness (QED) is 0.469. The van der Waals surface area contributed by atoms with E-state index in [0.717, 1.165) is 5.56 Å². The summed E-state index contributed by atoms with van der Waals surface area (Å²) < 4.78 is 28.1. The van der Waals surface area contributed by atoms with Crippen molar-refractivity contribution >= 4 is 0 Å². The van der Waals surface area contributed by atoms with Gasteiger partial charge in [-0.2, -0.15) is 0 Å². The zero-order valence-corrected chi connectivity index (χ0v) is 18.4. The van der Waals surface area contributed by atoms with Crippen molar-refractivity contribution in [1.82, 2.24) is 0 Å². The van der Waals surface area contributed by atoms with Crippen LogP contribution in [0.4, 0.5) is 0 Å². The van der Waals surface area contributed by atoms with Crippen LogP contribution in [0.3, 0.4) is 0 Å². The Kier molecular flexibility index (Phi) is 8.19. The number of rotatable bonds is 11. The van der Waals surface area contributed by atoms with Gasteiger partial charge < -0.3 is 33.9 Å². The Morgan fingerprint density at radius 1 is 0.750 bits per heavy atom. The maximum Gasteiger partial charge on any atom is 0.203 e. The topological polar surface area (TPSA) is 86.6 Å². The Hall–Kier alpha value is -3.42. The molecule has 0 heterocycles. The predicted molar refractivity (Wildman–Crippen MR) is 120 cm³/mol. The highest BCUT2D eigenvalue weighted by Crippen LogP contribution is 2.41. The fourth-order valence-corrected chi connectivity index (χ4v) is 3.24. The van der Waals surface area contributed by atoms with Gasteiger partial charge in [-0.25, -0.2) is 0 Å². The van der Waals surface area contributed by atoms with Crippen molar-refractivity contribution in [2.75, 3.05) is 27.9 Å². The van der Waals surface area contributed by atoms with Gasteiger partial charge in [0.1, 0.15) is 12.7 Å². The summed E-state index contributed by atoms with van der Waals surface area (Å²) in [4.78, 5) is 0. The van der Waals surface area contributed by atoms with Crippen molar-refractivity contribution in [2.45, 2.75) is 18.8 Å².